The number of nitrogens with one attached hydrogen (secondary N) is 2. The number of imidazole rings is 1. The summed E-state index contributed by atoms with van der Waals surface area (Å²) in [6, 6.07) is 11.8. The Morgan fingerprint density at radius 2 is 1.97 bits per heavy atom. The molecule has 1 amide bonds. The maximum atomic E-state index is 12.5. The molecular formula is C23H25N3O4. The van der Waals surface area contributed by atoms with Crippen molar-refractivity contribution in [2.45, 2.75) is 51.2 Å². The maximum Gasteiger partial charge on any atom is 0.231 e. The molecule has 2 aromatic carbocycles. The fourth-order valence-electron chi connectivity index (χ4n) is 4.23. The van der Waals surface area contributed by atoms with Gasteiger partial charge in [0.2, 0.25) is 12.7 Å². The molecule has 30 heavy (non-hydrogen) atoms. The van der Waals surface area contributed by atoms with Gasteiger partial charge in [-0.25, -0.2) is 4.98 Å². The van der Waals surface area contributed by atoms with Gasteiger partial charge in [-0.15, -0.1) is 0 Å². The zero-order chi connectivity index (χ0) is 20.5. The Morgan fingerprint density at radius 3 is 2.83 bits per heavy atom. The van der Waals surface area contributed by atoms with E-state index in [-0.39, 0.29) is 24.8 Å². The van der Waals surface area contributed by atoms with E-state index >= 15 is 0 Å². The van der Waals surface area contributed by atoms with Crippen molar-refractivity contribution in [2.24, 2.45) is 0 Å². The molecule has 3 aromatic rings. The van der Waals surface area contributed by atoms with Crippen molar-refractivity contribution >= 4 is 16.9 Å². The molecule has 2 aliphatic rings. The quantitative estimate of drug-likeness (QED) is 0.674. The van der Waals surface area contributed by atoms with Crippen molar-refractivity contribution in [2.75, 3.05) is 6.79 Å². The molecule has 7 heteroatoms. The van der Waals surface area contributed by atoms with Crippen molar-refractivity contribution in [1.82, 2.24) is 15.3 Å². The maximum absolute atomic E-state index is 12.5. The molecule has 7 nitrogen and oxygen atoms in total. The van der Waals surface area contributed by atoms with Gasteiger partial charge in [0, 0.05) is 12.1 Å². The Kier molecular flexibility index (Phi) is 4.94. The van der Waals surface area contributed by atoms with Crippen molar-refractivity contribution in [3.05, 3.63) is 47.8 Å². The van der Waals surface area contributed by atoms with Crippen molar-refractivity contribution < 1.29 is 19.0 Å². The van der Waals surface area contributed by atoms with Crippen LogP contribution in [-0.2, 0) is 11.2 Å². The molecule has 1 saturated carbocycles. The van der Waals surface area contributed by atoms with Gasteiger partial charge in [-0.2, -0.15) is 0 Å². The lowest BCUT2D eigenvalue weighted by molar-refractivity contribution is -0.121. The highest BCUT2D eigenvalue weighted by Gasteiger charge is 2.24. The molecule has 0 radical (unpaired) electrons. The standard InChI is InChI=1S/C23H25N3O4/c1-14-24-19-8-2-15(10-20(19)25-14)11-23(27)26-16-3-5-17(6-4-16)30-18-7-9-21-22(12-18)29-13-28-21/h2,7-10,12,16-17H,3-6,11,13H2,1H3,(H,24,25)(H,26,27). The van der Waals surface area contributed by atoms with Crippen LogP contribution in [0.3, 0.4) is 0 Å². The van der Waals surface area contributed by atoms with E-state index in [1.54, 1.807) is 0 Å². The van der Waals surface area contributed by atoms with Crippen LogP contribution in [0.25, 0.3) is 11.0 Å². The summed E-state index contributed by atoms with van der Waals surface area (Å²) in [5.41, 5.74) is 2.89. The second kappa shape index (κ2) is 7.89. The molecule has 156 valence electrons. The van der Waals surface area contributed by atoms with Crippen LogP contribution in [0.15, 0.2) is 36.4 Å². The Labute approximate surface area is 174 Å². The van der Waals surface area contributed by atoms with Crippen LogP contribution in [0.2, 0.25) is 0 Å². The third-order valence-corrected chi connectivity index (χ3v) is 5.72. The Balaban J connectivity index is 1.10. The summed E-state index contributed by atoms with van der Waals surface area (Å²) in [4.78, 5) is 20.1. The van der Waals surface area contributed by atoms with Gasteiger partial charge in [0.15, 0.2) is 11.5 Å². The van der Waals surface area contributed by atoms with E-state index in [1.165, 1.54) is 0 Å². The number of ether oxygens (including phenoxy) is 3. The summed E-state index contributed by atoms with van der Waals surface area (Å²) in [5, 5.41) is 3.18. The second-order valence-corrected chi connectivity index (χ2v) is 8.02. The molecule has 0 saturated heterocycles. The lowest BCUT2D eigenvalue weighted by Crippen LogP contribution is -2.40. The number of fused-ring (bicyclic) bond motifs is 2. The number of benzene rings is 2. The number of carbonyl (C=O) groups excluding carboxylic acids is 1. The van der Waals surface area contributed by atoms with E-state index in [1.807, 2.05) is 43.3 Å². The fraction of sp³-hybridized carbons (Fsp3) is 0.391. The summed E-state index contributed by atoms with van der Waals surface area (Å²) in [7, 11) is 0. The first-order valence-electron chi connectivity index (χ1n) is 10.4. The second-order valence-electron chi connectivity index (χ2n) is 8.02. The average Bonchev–Trinajstić information content (AvgIpc) is 3.34. The smallest absolute Gasteiger partial charge is 0.231 e. The fourth-order valence-corrected chi connectivity index (χ4v) is 4.23. The number of hydrogen-bond acceptors (Lipinski definition) is 5. The summed E-state index contributed by atoms with van der Waals surface area (Å²) in [6.45, 7) is 2.19. The van der Waals surface area contributed by atoms with Crippen LogP contribution in [-0.4, -0.2) is 34.8 Å². The summed E-state index contributed by atoms with van der Waals surface area (Å²) in [5.74, 6) is 3.24. The Hall–Kier alpha value is -3.22. The molecule has 2 N–H and O–H groups in total. The average molecular weight is 407 g/mol. The number of amides is 1. The highest BCUT2D eigenvalue weighted by atomic mass is 16.7. The van der Waals surface area contributed by atoms with Crippen LogP contribution in [0.1, 0.15) is 37.1 Å². The number of aromatic nitrogens is 2. The van der Waals surface area contributed by atoms with Gasteiger partial charge in [0.1, 0.15) is 11.6 Å². The zero-order valence-corrected chi connectivity index (χ0v) is 16.9. The molecule has 1 fully saturated rings. The molecule has 0 atom stereocenters. The normalized spacial score (nSPS) is 20.3. The summed E-state index contributed by atoms with van der Waals surface area (Å²) >= 11 is 0. The van der Waals surface area contributed by atoms with Gasteiger partial charge >= 0.3 is 0 Å². The topological polar surface area (TPSA) is 85.5 Å². The molecule has 0 bridgehead atoms. The molecule has 2 heterocycles. The van der Waals surface area contributed by atoms with Crippen LogP contribution in [0.5, 0.6) is 17.2 Å². The lowest BCUT2D eigenvalue weighted by Gasteiger charge is -2.29. The zero-order valence-electron chi connectivity index (χ0n) is 16.9. The number of aryl methyl sites for hydroxylation is 1. The third-order valence-electron chi connectivity index (χ3n) is 5.72. The third kappa shape index (κ3) is 4.06. The molecule has 1 aromatic heterocycles. The van der Waals surface area contributed by atoms with Gasteiger partial charge in [0.25, 0.3) is 0 Å². The first kappa shape index (κ1) is 18.8. The summed E-state index contributed by atoms with van der Waals surface area (Å²) in [6.07, 6.45) is 4.20. The predicted molar refractivity (Wildman–Crippen MR) is 112 cm³/mol. The molecule has 1 aliphatic heterocycles. The molecular weight excluding hydrogens is 382 g/mol. The predicted octanol–water partition coefficient (Wildman–Crippen LogP) is 3.65. The van der Waals surface area contributed by atoms with Crippen molar-refractivity contribution in [3.63, 3.8) is 0 Å². The number of nitrogens with zero attached hydrogens (tertiary/aromatic N) is 1. The first-order chi connectivity index (χ1) is 14.6. The van der Waals surface area contributed by atoms with Crippen LogP contribution < -0.4 is 19.5 Å². The molecule has 5 rings (SSSR count). The van der Waals surface area contributed by atoms with Gasteiger partial charge in [0.05, 0.1) is 23.6 Å². The highest BCUT2D eigenvalue weighted by Crippen LogP contribution is 2.36. The van der Waals surface area contributed by atoms with Crippen molar-refractivity contribution in [1.29, 1.82) is 0 Å². The van der Waals surface area contributed by atoms with Crippen LogP contribution in [0, 0.1) is 6.92 Å². The van der Waals surface area contributed by atoms with Crippen molar-refractivity contribution in [3.8, 4) is 17.2 Å². The first-order valence-corrected chi connectivity index (χ1v) is 10.4. The lowest BCUT2D eigenvalue weighted by atomic mass is 9.92. The molecule has 0 unspecified atom stereocenters. The van der Waals surface area contributed by atoms with Gasteiger partial charge < -0.3 is 24.5 Å². The van der Waals surface area contributed by atoms with Crippen LogP contribution in [0.4, 0.5) is 0 Å². The molecule has 0 spiro atoms. The van der Waals surface area contributed by atoms with E-state index in [2.05, 4.69) is 15.3 Å². The molecule has 1 aliphatic carbocycles. The minimum Gasteiger partial charge on any atom is -0.490 e. The Bertz CT molecular complexity index is 1070. The summed E-state index contributed by atoms with van der Waals surface area (Å²) < 4.78 is 16.9. The van der Waals surface area contributed by atoms with E-state index in [0.717, 1.165) is 65.4 Å². The van der Waals surface area contributed by atoms with Gasteiger partial charge in [-0.3, -0.25) is 4.79 Å². The minimum absolute atomic E-state index is 0.0609. The van der Waals surface area contributed by atoms with E-state index in [4.69, 9.17) is 14.2 Å². The van der Waals surface area contributed by atoms with Gasteiger partial charge in [-0.05, 0) is 62.4 Å². The minimum atomic E-state index is 0.0609. The highest BCUT2D eigenvalue weighted by molar-refractivity contribution is 5.82. The Morgan fingerprint density at radius 1 is 1.13 bits per heavy atom. The SMILES string of the molecule is Cc1nc2ccc(CC(=O)NC3CCC(Oc4ccc5c(c4)OCO5)CC3)cc2[nH]1. The van der Waals surface area contributed by atoms with E-state index < -0.39 is 0 Å². The van der Waals surface area contributed by atoms with E-state index in [0.29, 0.717) is 6.42 Å². The van der Waals surface area contributed by atoms with Crippen LogP contribution >= 0.6 is 0 Å². The van der Waals surface area contributed by atoms with Gasteiger partial charge in [-0.1, -0.05) is 6.07 Å². The number of hydrogen-bond donors (Lipinski definition) is 2. The number of H-pyrrole nitrogens is 1. The largest absolute Gasteiger partial charge is 0.490 e. The number of rotatable bonds is 5. The number of carbonyl (C=O) groups is 1. The van der Waals surface area contributed by atoms with E-state index in [9.17, 15) is 4.79 Å². The number of aromatic amines is 1. The monoisotopic (exact) mass is 407 g/mol.